The molecule has 2 aliphatic heterocycles. The molecule has 0 aromatic heterocycles. The van der Waals surface area contributed by atoms with Gasteiger partial charge in [0.1, 0.15) is 6.10 Å². The smallest absolute Gasteiger partial charge is 0.249 e. The molecule has 2 fully saturated rings. The van der Waals surface area contributed by atoms with Crippen LogP contribution in [0.2, 0.25) is 0 Å². The first-order valence-electron chi connectivity index (χ1n) is 5.46. The minimum Gasteiger partial charge on any atom is -0.383 e. The second-order valence-electron chi connectivity index (χ2n) is 4.03. The summed E-state index contributed by atoms with van der Waals surface area (Å²) in [5.74, 6) is -0.0109. The molecular formula is C10H18N2O3. The van der Waals surface area contributed by atoms with Crippen LogP contribution >= 0.6 is 0 Å². The summed E-state index contributed by atoms with van der Waals surface area (Å²) in [6.45, 7) is 2.11. The molecule has 0 bridgehead atoms. The quantitative estimate of drug-likeness (QED) is 0.606. The lowest BCUT2D eigenvalue weighted by atomic mass is 10.1. The van der Waals surface area contributed by atoms with Crippen LogP contribution in [0, 0.1) is 0 Å². The maximum atomic E-state index is 11.6. The van der Waals surface area contributed by atoms with Crippen LogP contribution in [0.15, 0.2) is 0 Å². The molecule has 0 aromatic carbocycles. The number of rotatable bonds is 4. The van der Waals surface area contributed by atoms with Crippen molar-refractivity contribution in [3.05, 3.63) is 0 Å². The van der Waals surface area contributed by atoms with Crippen LogP contribution in [-0.2, 0) is 14.3 Å². The van der Waals surface area contributed by atoms with E-state index in [0.717, 1.165) is 19.4 Å². The second-order valence-corrected chi connectivity index (χ2v) is 4.03. The normalized spacial score (nSPS) is 34.1. The predicted molar refractivity (Wildman–Crippen MR) is 54.6 cm³/mol. The molecule has 2 saturated heterocycles. The predicted octanol–water partition coefficient (Wildman–Crippen LogP) is -0.732. The van der Waals surface area contributed by atoms with Crippen LogP contribution < -0.4 is 10.6 Å². The van der Waals surface area contributed by atoms with E-state index in [4.69, 9.17) is 9.47 Å². The minimum atomic E-state index is -0.273. The number of carbonyl (C=O) groups is 1. The van der Waals surface area contributed by atoms with Gasteiger partial charge in [-0.25, -0.2) is 0 Å². The highest BCUT2D eigenvalue weighted by atomic mass is 16.5. The average Bonchev–Trinajstić information content (AvgIpc) is 2.76. The molecule has 2 aliphatic rings. The van der Waals surface area contributed by atoms with Gasteiger partial charge >= 0.3 is 0 Å². The monoisotopic (exact) mass is 214 g/mol. The van der Waals surface area contributed by atoms with Gasteiger partial charge in [0.2, 0.25) is 5.91 Å². The fourth-order valence-electron chi connectivity index (χ4n) is 2.20. The summed E-state index contributed by atoms with van der Waals surface area (Å²) in [4.78, 5) is 11.6. The Kier molecular flexibility index (Phi) is 3.56. The first-order valence-corrected chi connectivity index (χ1v) is 5.46. The van der Waals surface area contributed by atoms with Crippen molar-refractivity contribution in [2.75, 3.05) is 26.8 Å². The zero-order valence-corrected chi connectivity index (χ0v) is 8.99. The highest BCUT2D eigenvalue weighted by Crippen LogP contribution is 2.26. The Morgan fingerprint density at radius 2 is 2.53 bits per heavy atom. The Balaban J connectivity index is 1.73. The Hall–Kier alpha value is -0.650. The minimum absolute atomic E-state index is 0.0109. The van der Waals surface area contributed by atoms with Crippen molar-refractivity contribution >= 4 is 5.91 Å². The van der Waals surface area contributed by atoms with Crippen molar-refractivity contribution in [3.8, 4) is 0 Å². The number of carbonyl (C=O) groups excluding carboxylic acids is 1. The molecule has 2 heterocycles. The number of nitrogens with one attached hydrogen (secondary N) is 2. The van der Waals surface area contributed by atoms with Crippen molar-refractivity contribution in [2.24, 2.45) is 0 Å². The van der Waals surface area contributed by atoms with E-state index in [1.165, 1.54) is 0 Å². The maximum absolute atomic E-state index is 11.6. The van der Waals surface area contributed by atoms with Crippen LogP contribution in [0.4, 0.5) is 0 Å². The van der Waals surface area contributed by atoms with Gasteiger partial charge in [0.25, 0.3) is 0 Å². The van der Waals surface area contributed by atoms with E-state index in [-0.39, 0.29) is 18.1 Å². The van der Waals surface area contributed by atoms with Gasteiger partial charge in [-0.05, 0) is 13.0 Å². The van der Waals surface area contributed by atoms with Crippen LogP contribution in [0.1, 0.15) is 12.8 Å². The van der Waals surface area contributed by atoms with Crippen LogP contribution in [-0.4, -0.2) is 51.0 Å². The SMILES string of the molecule is COCCNC(=O)[C@H]1C[C@H]2NCC[C@H]2O1. The molecule has 5 heteroatoms. The third-order valence-corrected chi connectivity index (χ3v) is 2.99. The van der Waals surface area contributed by atoms with E-state index in [0.29, 0.717) is 19.2 Å². The Bertz CT molecular complexity index is 223. The third kappa shape index (κ3) is 2.48. The summed E-state index contributed by atoms with van der Waals surface area (Å²) < 4.78 is 10.5. The molecule has 15 heavy (non-hydrogen) atoms. The molecule has 0 saturated carbocycles. The average molecular weight is 214 g/mol. The van der Waals surface area contributed by atoms with E-state index in [2.05, 4.69) is 10.6 Å². The summed E-state index contributed by atoms with van der Waals surface area (Å²) in [6, 6.07) is 0.378. The number of ether oxygens (including phenoxy) is 2. The number of methoxy groups -OCH3 is 1. The maximum Gasteiger partial charge on any atom is 0.249 e. The van der Waals surface area contributed by atoms with E-state index in [1.807, 2.05) is 0 Å². The molecule has 5 nitrogen and oxygen atoms in total. The zero-order valence-electron chi connectivity index (χ0n) is 8.99. The first kappa shape index (κ1) is 10.9. The standard InChI is InChI=1S/C10H18N2O3/c1-14-5-4-12-10(13)9-6-7-8(15-9)2-3-11-7/h7-9,11H,2-6H2,1H3,(H,12,13)/t7-,8-,9-/m1/s1. The van der Waals surface area contributed by atoms with Gasteiger partial charge in [0.15, 0.2) is 0 Å². The molecule has 1 amide bonds. The summed E-state index contributed by atoms with van der Waals surface area (Å²) in [5.41, 5.74) is 0. The van der Waals surface area contributed by atoms with Gasteiger partial charge in [-0.3, -0.25) is 4.79 Å². The molecule has 2 rings (SSSR count). The molecule has 0 aromatic rings. The van der Waals surface area contributed by atoms with Crippen molar-refractivity contribution in [1.82, 2.24) is 10.6 Å². The number of amides is 1. The summed E-state index contributed by atoms with van der Waals surface area (Å²) in [7, 11) is 1.62. The molecule has 0 radical (unpaired) electrons. The lowest BCUT2D eigenvalue weighted by Gasteiger charge is -2.12. The Labute approximate surface area is 89.5 Å². The fourth-order valence-corrected chi connectivity index (χ4v) is 2.20. The Morgan fingerprint density at radius 3 is 3.27 bits per heavy atom. The van der Waals surface area contributed by atoms with Gasteiger partial charge in [-0.2, -0.15) is 0 Å². The van der Waals surface area contributed by atoms with Gasteiger partial charge < -0.3 is 20.1 Å². The zero-order chi connectivity index (χ0) is 10.7. The lowest BCUT2D eigenvalue weighted by molar-refractivity contribution is -0.132. The van der Waals surface area contributed by atoms with E-state index < -0.39 is 0 Å². The van der Waals surface area contributed by atoms with Crippen molar-refractivity contribution in [2.45, 2.75) is 31.1 Å². The molecule has 0 spiro atoms. The molecule has 0 aliphatic carbocycles. The number of hydrogen-bond acceptors (Lipinski definition) is 4. The second kappa shape index (κ2) is 4.92. The van der Waals surface area contributed by atoms with Crippen LogP contribution in [0.25, 0.3) is 0 Å². The lowest BCUT2D eigenvalue weighted by Crippen LogP contribution is -2.37. The molecule has 86 valence electrons. The van der Waals surface area contributed by atoms with Gasteiger partial charge in [0, 0.05) is 26.1 Å². The summed E-state index contributed by atoms with van der Waals surface area (Å²) >= 11 is 0. The number of hydrogen-bond donors (Lipinski definition) is 2. The van der Waals surface area contributed by atoms with Crippen molar-refractivity contribution in [1.29, 1.82) is 0 Å². The molecule has 2 N–H and O–H groups in total. The first-order chi connectivity index (χ1) is 7.31. The fraction of sp³-hybridized carbons (Fsp3) is 0.900. The van der Waals surface area contributed by atoms with E-state index in [1.54, 1.807) is 7.11 Å². The van der Waals surface area contributed by atoms with Crippen LogP contribution in [0.3, 0.4) is 0 Å². The Morgan fingerprint density at radius 1 is 1.67 bits per heavy atom. The summed E-state index contributed by atoms with van der Waals surface area (Å²) in [6.07, 6.45) is 1.78. The van der Waals surface area contributed by atoms with Gasteiger partial charge in [-0.15, -0.1) is 0 Å². The topological polar surface area (TPSA) is 59.6 Å². The highest BCUT2D eigenvalue weighted by molar-refractivity contribution is 5.81. The molecule has 0 unspecified atom stereocenters. The largest absolute Gasteiger partial charge is 0.383 e. The van der Waals surface area contributed by atoms with Crippen molar-refractivity contribution < 1.29 is 14.3 Å². The van der Waals surface area contributed by atoms with Crippen molar-refractivity contribution in [3.63, 3.8) is 0 Å². The van der Waals surface area contributed by atoms with Gasteiger partial charge in [-0.1, -0.05) is 0 Å². The third-order valence-electron chi connectivity index (χ3n) is 2.99. The molecular weight excluding hydrogens is 196 g/mol. The van der Waals surface area contributed by atoms with Crippen LogP contribution in [0.5, 0.6) is 0 Å². The highest BCUT2D eigenvalue weighted by Gasteiger charge is 2.41. The molecule has 3 atom stereocenters. The van der Waals surface area contributed by atoms with Gasteiger partial charge in [0.05, 0.1) is 12.7 Å². The van der Waals surface area contributed by atoms with E-state index in [9.17, 15) is 4.79 Å². The summed E-state index contributed by atoms with van der Waals surface area (Å²) in [5, 5.41) is 6.14. The number of fused-ring (bicyclic) bond motifs is 1. The van der Waals surface area contributed by atoms with E-state index >= 15 is 0 Å².